The zero-order valence-corrected chi connectivity index (χ0v) is 22.7. The van der Waals surface area contributed by atoms with E-state index >= 15 is 4.39 Å². The highest BCUT2D eigenvalue weighted by Crippen LogP contribution is 2.43. The number of carboxylic acid groups (broad SMARTS) is 1. The van der Waals surface area contributed by atoms with Crippen molar-refractivity contribution >= 4 is 17.5 Å². The molecule has 1 saturated heterocycles. The van der Waals surface area contributed by atoms with Crippen molar-refractivity contribution in [3.05, 3.63) is 35.5 Å². The summed E-state index contributed by atoms with van der Waals surface area (Å²) in [5, 5.41) is 13.3. The van der Waals surface area contributed by atoms with E-state index in [1.807, 2.05) is 20.8 Å². The van der Waals surface area contributed by atoms with Crippen molar-refractivity contribution in [3.8, 4) is 11.1 Å². The molecule has 0 bridgehead atoms. The van der Waals surface area contributed by atoms with E-state index in [1.54, 1.807) is 19.3 Å². The molecule has 1 aliphatic heterocycles. The van der Waals surface area contributed by atoms with Gasteiger partial charge in [0.15, 0.2) is 17.7 Å². The molecule has 0 unspecified atom stereocenters. The highest BCUT2D eigenvalue weighted by Gasteiger charge is 2.35. The van der Waals surface area contributed by atoms with Crippen molar-refractivity contribution in [1.82, 2.24) is 9.97 Å². The molecule has 3 heterocycles. The number of rotatable bonds is 9. The Hall–Kier alpha value is -2.74. The molecule has 36 heavy (non-hydrogen) atoms. The number of hydrogen-bond acceptors (Lipinski definition) is 6. The van der Waals surface area contributed by atoms with Gasteiger partial charge in [0, 0.05) is 54.4 Å². The second kappa shape index (κ2) is 11.1. The Morgan fingerprint density at radius 1 is 1.25 bits per heavy atom. The number of pyridine rings is 2. The van der Waals surface area contributed by atoms with Crippen molar-refractivity contribution < 1.29 is 19.0 Å². The molecule has 0 amide bonds. The molecule has 8 heteroatoms. The molecule has 0 aliphatic carbocycles. The second-order valence-electron chi connectivity index (χ2n) is 11.5. The third-order valence-electron chi connectivity index (χ3n) is 6.65. The lowest BCUT2D eigenvalue weighted by Crippen LogP contribution is -2.39. The molecule has 2 aromatic heterocycles. The van der Waals surface area contributed by atoms with Crippen molar-refractivity contribution in [2.45, 2.75) is 85.9 Å². The minimum atomic E-state index is -1.21. The molecule has 1 atom stereocenters. The quantitative estimate of drug-likeness (QED) is 0.387. The number of unbranched alkanes of at least 4 members (excludes halogenated alkanes) is 1. The molecular formula is C28H41FN4O3. The third kappa shape index (κ3) is 6.72. The number of anilines is 2. The number of carboxylic acids is 1. The predicted molar refractivity (Wildman–Crippen MR) is 142 cm³/mol. The van der Waals surface area contributed by atoms with Crippen molar-refractivity contribution in [3.63, 3.8) is 0 Å². The number of halogens is 1. The molecule has 0 spiro atoms. The van der Waals surface area contributed by atoms with E-state index in [4.69, 9.17) is 4.74 Å². The predicted octanol–water partition coefficient (Wildman–Crippen LogP) is 6.37. The molecule has 0 aromatic carbocycles. The number of aromatic nitrogens is 2. The number of aliphatic carboxylic acids is 1. The summed E-state index contributed by atoms with van der Waals surface area (Å²) in [4.78, 5) is 23.6. The largest absolute Gasteiger partial charge is 0.479 e. The topological polar surface area (TPSA) is 87.6 Å². The Bertz CT molecular complexity index is 1070. The number of nitrogens with zero attached hydrogens (tertiary/aromatic N) is 3. The number of carbonyl (C=O) groups is 1. The van der Waals surface area contributed by atoms with Gasteiger partial charge in [-0.05, 0) is 58.4 Å². The summed E-state index contributed by atoms with van der Waals surface area (Å²) in [6.45, 7) is 16.0. The zero-order valence-electron chi connectivity index (χ0n) is 22.7. The van der Waals surface area contributed by atoms with Gasteiger partial charge < -0.3 is 20.1 Å². The van der Waals surface area contributed by atoms with E-state index in [9.17, 15) is 9.90 Å². The van der Waals surface area contributed by atoms with Gasteiger partial charge in [-0.15, -0.1) is 0 Å². The van der Waals surface area contributed by atoms with Gasteiger partial charge in [-0.3, -0.25) is 4.98 Å². The normalized spacial score (nSPS) is 16.6. The van der Waals surface area contributed by atoms with Gasteiger partial charge in [-0.1, -0.05) is 27.2 Å². The van der Waals surface area contributed by atoms with Crippen LogP contribution < -0.4 is 10.2 Å². The molecule has 2 N–H and O–H groups in total. The van der Waals surface area contributed by atoms with Gasteiger partial charge in [0.25, 0.3) is 0 Å². The fraction of sp³-hybridized carbons (Fsp3) is 0.607. The second-order valence-corrected chi connectivity index (χ2v) is 11.5. The van der Waals surface area contributed by atoms with Crippen molar-refractivity contribution in [2.24, 2.45) is 5.41 Å². The number of piperidine rings is 1. The van der Waals surface area contributed by atoms with Crippen molar-refractivity contribution in [2.75, 3.05) is 29.9 Å². The standard InChI is InChI=1S/C28H41FN4O3/c1-8-9-12-30-25-21(29)15-19(16-32-25)20-17-31-18(2)22(24(26(34)35)36-27(3,4)5)23(20)33-13-10-28(6,7)11-14-33/h15-17,24H,8-14H2,1-7H3,(H,30,32)(H,34,35)/t24-/m0/s1. The molecule has 1 aliphatic rings. The van der Waals surface area contributed by atoms with E-state index in [2.05, 4.69) is 41.0 Å². The molecule has 198 valence electrons. The van der Waals surface area contributed by atoms with Crippen molar-refractivity contribution in [1.29, 1.82) is 0 Å². The maximum absolute atomic E-state index is 15.0. The number of nitrogens with one attached hydrogen (secondary N) is 1. The van der Waals surface area contributed by atoms with Gasteiger partial charge in [-0.25, -0.2) is 14.2 Å². The molecule has 2 aromatic rings. The maximum Gasteiger partial charge on any atom is 0.337 e. The van der Waals surface area contributed by atoms with E-state index < -0.39 is 23.5 Å². The Labute approximate surface area is 214 Å². The first-order chi connectivity index (χ1) is 16.8. The lowest BCUT2D eigenvalue weighted by Gasteiger charge is -2.40. The first kappa shape index (κ1) is 27.8. The van der Waals surface area contributed by atoms with Crippen LogP contribution in [0, 0.1) is 18.2 Å². The van der Waals surface area contributed by atoms with Crippen LogP contribution in [-0.2, 0) is 9.53 Å². The SMILES string of the molecule is CCCCNc1ncc(-c2cnc(C)c([C@H](OC(C)(C)C)C(=O)O)c2N2CCC(C)(C)CC2)cc1F. The van der Waals surface area contributed by atoms with Crippen LogP contribution in [0.5, 0.6) is 0 Å². The van der Waals surface area contributed by atoms with Crippen LogP contribution in [0.3, 0.4) is 0 Å². The third-order valence-corrected chi connectivity index (χ3v) is 6.65. The van der Waals surface area contributed by atoms with Crippen LogP contribution in [0.4, 0.5) is 15.9 Å². The lowest BCUT2D eigenvalue weighted by atomic mass is 9.82. The van der Waals surface area contributed by atoms with Gasteiger partial charge in [-0.2, -0.15) is 0 Å². The summed E-state index contributed by atoms with van der Waals surface area (Å²) in [7, 11) is 0. The van der Waals surface area contributed by atoms with E-state index in [-0.39, 0.29) is 11.2 Å². The summed E-state index contributed by atoms with van der Waals surface area (Å²) in [5.74, 6) is -1.31. The molecule has 0 radical (unpaired) electrons. The Balaban J connectivity index is 2.16. The maximum atomic E-state index is 15.0. The summed E-state index contributed by atoms with van der Waals surface area (Å²) in [5.41, 5.74) is 2.57. The van der Waals surface area contributed by atoms with Gasteiger partial charge in [0.05, 0.1) is 11.3 Å². The Kier molecular flexibility index (Phi) is 8.59. The molecular weight excluding hydrogens is 459 g/mol. The monoisotopic (exact) mass is 500 g/mol. The van der Waals surface area contributed by atoms with Crippen LogP contribution >= 0.6 is 0 Å². The minimum Gasteiger partial charge on any atom is -0.479 e. The van der Waals surface area contributed by atoms with Gasteiger partial charge in [0.2, 0.25) is 0 Å². The van der Waals surface area contributed by atoms with E-state index in [0.717, 1.165) is 44.5 Å². The first-order valence-electron chi connectivity index (χ1n) is 12.9. The summed E-state index contributed by atoms with van der Waals surface area (Å²) >= 11 is 0. The lowest BCUT2D eigenvalue weighted by molar-refractivity contribution is -0.160. The average molecular weight is 501 g/mol. The Morgan fingerprint density at radius 2 is 1.92 bits per heavy atom. The summed E-state index contributed by atoms with van der Waals surface area (Å²) < 4.78 is 21.1. The zero-order chi connectivity index (χ0) is 26.7. The molecule has 0 saturated carbocycles. The summed E-state index contributed by atoms with van der Waals surface area (Å²) in [6.07, 6.45) is 5.96. The number of aryl methyl sites for hydroxylation is 1. The Morgan fingerprint density at radius 3 is 2.47 bits per heavy atom. The average Bonchev–Trinajstić information content (AvgIpc) is 2.78. The van der Waals surface area contributed by atoms with Crippen LogP contribution in [0.1, 0.15) is 84.6 Å². The van der Waals surface area contributed by atoms with Crippen LogP contribution in [0.25, 0.3) is 11.1 Å². The fourth-order valence-corrected chi connectivity index (χ4v) is 4.50. The summed E-state index contributed by atoms with van der Waals surface area (Å²) in [6, 6.07) is 1.45. The first-order valence-corrected chi connectivity index (χ1v) is 12.9. The smallest absolute Gasteiger partial charge is 0.337 e. The minimum absolute atomic E-state index is 0.201. The van der Waals surface area contributed by atoms with E-state index in [0.29, 0.717) is 28.9 Å². The molecule has 3 rings (SSSR count). The van der Waals surface area contributed by atoms with Gasteiger partial charge >= 0.3 is 5.97 Å². The fourth-order valence-electron chi connectivity index (χ4n) is 4.50. The number of hydrogen-bond donors (Lipinski definition) is 2. The van der Waals surface area contributed by atoms with Crippen LogP contribution in [-0.4, -0.2) is 46.3 Å². The molecule has 7 nitrogen and oxygen atoms in total. The van der Waals surface area contributed by atoms with E-state index in [1.165, 1.54) is 6.07 Å². The van der Waals surface area contributed by atoms with Crippen LogP contribution in [0.2, 0.25) is 0 Å². The molecule has 1 fully saturated rings. The van der Waals surface area contributed by atoms with Crippen LogP contribution in [0.15, 0.2) is 18.5 Å². The number of ether oxygens (including phenoxy) is 1. The highest BCUT2D eigenvalue weighted by atomic mass is 19.1. The van der Waals surface area contributed by atoms with Gasteiger partial charge in [0.1, 0.15) is 0 Å². The highest BCUT2D eigenvalue weighted by molar-refractivity contribution is 5.86.